The number of rotatable bonds is 3. The lowest BCUT2D eigenvalue weighted by atomic mass is 9.90. The number of carbonyl (C=O) groups excluding carboxylic acids is 1. The molecule has 0 unspecified atom stereocenters. The van der Waals surface area contributed by atoms with Gasteiger partial charge < -0.3 is 9.84 Å². The van der Waals surface area contributed by atoms with Gasteiger partial charge in [-0.3, -0.25) is 14.5 Å². The number of carbonyl (C=O) groups is 2. The fourth-order valence-corrected chi connectivity index (χ4v) is 3.08. The molecule has 1 N–H and O–H groups in total. The van der Waals surface area contributed by atoms with Gasteiger partial charge in [0, 0.05) is 6.04 Å². The number of ether oxygens (including phenoxy) is 1. The van der Waals surface area contributed by atoms with E-state index in [1.54, 1.807) is 24.9 Å². The molecule has 0 aromatic heterocycles. The van der Waals surface area contributed by atoms with Gasteiger partial charge in [-0.15, -0.1) is 0 Å². The van der Waals surface area contributed by atoms with Crippen LogP contribution in [0.15, 0.2) is 24.3 Å². The van der Waals surface area contributed by atoms with Gasteiger partial charge in [0.25, 0.3) is 0 Å². The normalized spacial score (nSPS) is 29.3. The Hall–Kier alpha value is -1.95. The number of halogens is 1. The van der Waals surface area contributed by atoms with E-state index in [1.165, 1.54) is 25.3 Å². The van der Waals surface area contributed by atoms with Crippen LogP contribution >= 0.6 is 0 Å². The van der Waals surface area contributed by atoms with Gasteiger partial charge in [-0.25, -0.2) is 4.39 Å². The van der Waals surface area contributed by atoms with E-state index in [0.717, 1.165) is 0 Å². The van der Waals surface area contributed by atoms with Gasteiger partial charge in [0.1, 0.15) is 11.4 Å². The molecule has 6 heteroatoms. The highest BCUT2D eigenvalue weighted by Crippen LogP contribution is 2.46. The molecular weight excluding hydrogens is 277 g/mol. The second-order valence-electron chi connectivity index (χ2n) is 5.53. The van der Waals surface area contributed by atoms with Crippen molar-refractivity contribution in [1.82, 2.24) is 4.90 Å². The van der Waals surface area contributed by atoms with Crippen LogP contribution in [-0.4, -0.2) is 41.6 Å². The zero-order valence-corrected chi connectivity index (χ0v) is 12.2. The highest BCUT2D eigenvalue weighted by atomic mass is 19.1. The number of nitrogens with zero attached hydrogens (tertiary/aromatic N) is 1. The van der Waals surface area contributed by atoms with Gasteiger partial charge in [0.2, 0.25) is 0 Å². The first-order valence-electron chi connectivity index (χ1n) is 6.61. The molecule has 1 fully saturated rings. The van der Waals surface area contributed by atoms with Crippen molar-refractivity contribution in [3.8, 4) is 0 Å². The van der Waals surface area contributed by atoms with E-state index in [2.05, 4.69) is 0 Å². The van der Waals surface area contributed by atoms with Crippen LogP contribution < -0.4 is 0 Å². The smallest absolute Gasteiger partial charge is 0.326 e. The topological polar surface area (TPSA) is 66.8 Å². The van der Waals surface area contributed by atoms with Crippen LogP contribution in [-0.2, 0) is 14.3 Å². The Morgan fingerprint density at radius 3 is 2.67 bits per heavy atom. The molecule has 1 saturated heterocycles. The molecule has 2 rings (SSSR count). The standard InChI is InChI=1S/C15H18FNO4/c1-15(14(20)21-3)8-11(13(18)19)12(17(15)2)9-5-4-6-10(16)7-9/h4-7,11-12H,8H2,1-3H3,(H,18,19)/t11-,12-,15+/m1/s1. The second kappa shape index (κ2) is 5.44. The minimum atomic E-state index is -1.05. The molecule has 5 nitrogen and oxygen atoms in total. The van der Waals surface area contributed by atoms with Crippen molar-refractivity contribution in [2.24, 2.45) is 5.92 Å². The molecular formula is C15H18FNO4. The van der Waals surface area contributed by atoms with Gasteiger partial charge in [-0.1, -0.05) is 12.1 Å². The van der Waals surface area contributed by atoms with E-state index >= 15 is 0 Å². The Morgan fingerprint density at radius 1 is 1.48 bits per heavy atom. The lowest BCUT2D eigenvalue weighted by Crippen LogP contribution is -2.47. The van der Waals surface area contributed by atoms with E-state index in [0.29, 0.717) is 5.56 Å². The molecule has 0 aliphatic carbocycles. The Balaban J connectivity index is 2.47. The molecule has 0 radical (unpaired) electrons. The summed E-state index contributed by atoms with van der Waals surface area (Å²) >= 11 is 0. The Labute approximate surface area is 122 Å². The number of carboxylic acid groups (broad SMARTS) is 1. The summed E-state index contributed by atoms with van der Waals surface area (Å²) < 4.78 is 18.2. The number of hydrogen-bond donors (Lipinski definition) is 1. The number of aliphatic carboxylic acids is 1. The largest absolute Gasteiger partial charge is 0.481 e. The third kappa shape index (κ3) is 2.51. The molecule has 0 bridgehead atoms. The summed E-state index contributed by atoms with van der Waals surface area (Å²) in [6.45, 7) is 1.65. The number of hydrogen-bond acceptors (Lipinski definition) is 4. The monoisotopic (exact) mass is 295 g/mol. The summed E-state index contributed by atoms with van der Waals surface area (Å²) in [5.41, 5.74) is -0.507. The molecule has 1 aromatic rings. The van der Waals surface area contributed by atoms with Crippen LogP contribution in [0, 0.1) is 11.7 Å². The maximum Gasteiger partial charge on any atom is 0.326 e. The highest BCUT2D eigenvalue weighted by molar-refractivity contribution is 5.83. The van der Waals surface area contributed by atoms with Crippen LogP contribution in [0.1, 0.15) is 24.9 Å². The molecule has 114 valence electrons. The zero-order chi connectivity index (χ0) is 15.8. The van der Waals surface area contributed by atoms with Gasteiger partial charge in [0.05, 0.1) is 13.0 Å². The summed E-state index contributed by atoms with van der Waals surface area (Å²) in [7, 11) is 2.93. The number of carboxylic acids is 1. The quantitative estimate of drug-likeness (QED) is 0.862. The number of methoxy groups -OCH3 is 1. The Bertz CT molecular complexity index is 577. The fourth-order valence-electron chi connectivity index (χ4n) is 3.08. The summed E-state index contributed by atoms with van der Waals surface area (Å²) in [5, 5.41) is 9.45. The molecule has 1 aromatic carbocycles. The highest BCUT2D eigenvalue weighted by Gasteiger charge is 2.55. The predicted octanol–water partition coefficient (Wildman–Crippen LogP) is 1.83. The van der Waals surface area contributed by atoms with Crippen LogP contribution in [0.25, 0.3) is 0 Å². The number of likely N-dealkylation sites (N-methyl/N-ethyl adjacent to an activating group) is 1. The summed E-state index contributed by atoms with van der Waals surface area (Å²) in [6, 6.07) is 5.23. The van der Waals surface area contributed by atoms with Crippen LogP contribution in [0.5, 0.6) is 0 Å². The number of benzene rings is 1. The van der Waals surface area contributed by atoms with E-state index in [9.17, 15) is 19.1 Å². The SMILES string of the molecule is COC(=O)[C@]1(C)C[C@@H](C(=O)O)[C@@H](c2cccc(F)c2)N1C. The van der Waals surface area contributed by atoms with Crippen molar-refractivity contribution in [2.75, 3.05) is 14.2 Å². The summed E-state index contributed by atoms with van der Waals surface area (Å²) in [6.07, 6.45) is 0.118. The minimum absolute atomic E-state index is 0.118. The van der Waals surface area contributed by atoms with Crippen molar-refractivity contribution in [2.45, 2.75) is 24.9 Å². The minimum Gasteiger partial charge on any atom is -0.481 e. The number of esters is 1. The molecule has 1 aliphatic heterocycles. The average molecular weight is 295 g/mol. The van der Waals surface area contributed by atoms with E-state index in [1.807, 2.05) is 0 Å². The lowest BCUT2D eigenvalue weighted by Gasteiger charge is -2.32. The summed E-state index contributed by atoms with van der Waals surface area (Å²) in [5.74, 6) is -2.74. The molecule has 3 atom stereocenters. The van der Waals surface area contributed by atoms with Crippen LogP contribution in [0.4, 0.5) is 4.39 Å². The molecule has 0 amide bonds. The Kier molecular flexibility index (Phi) is 4.00. The molecule has 1 aliphatic rings. The van der Waals surface area contributed by atoms with Crippen LogP contribution in [0.3, 0.4) is 0 Å². The Morgan fingerprint density at radius 2 is 2.14 bits per heavy atom. The van der Waals surface area contributed by atoms with Gasteiger partial charge in [-0.2, -0.15) is 0 Å². The molecule has 21 heavy (non-hydrogen) atoms. The van der Waals surface area contributed by atoms with Crippen molar-refractivity contribution in [3.63, 3.8) is 0 Å². The third-order valence-corrected chi connectivity index (χ3v) is 4.33. The molecule has 0 saturated carbocycles. The van der Waals surface area contributed by atoms with Crippen LogP contribution in [0.2, 0.25) is 0 Å². The van der Waals surface area contributed by atoms with Gasteiger partial charge in [0.15, 0.2) is 0 Å². The van der Waals surface area contributed by atoms with E-state index < -0.39 is 35.3 Å². The van der Waals surface area contributed by atoms with Crippen molar-refractivity contribution in [1.29, 1.82) is 0 Å². The van der Waals surface area contributed by atoms with Crippen molar-refractivity contribution < 1.29 is 23.8 Å². The average Bonchev–Trinajstić information content (AvgIpc) is 2.72. The fraction of sp³-hybridized carbons (Fsp3) is 0.467. The first kappa shape index (κ1) is 15.4. The second-order valence-corrected chi connectivity index (χ2v) is 5.53. The predicted molar refractivity (Wildman–Crippen MR) is 73.1 cm³/mol. The molecule has 1 heterocycles. The van der Waals surface area contributed by atoms with Crippen molar-refractivity contribution >= 4 is 11.9 Å². The van der Waals surface area contributed by atoms with Gasteiger partial charge in [-0.05, 0) is 38.1 Å². The maximum absolute atomic E-state index is 13.4. The first-order chi connectivity index (χ1) is 9.81. The lowest BCUT2D eigenvalue weighted by molar-refractivity contribution is -0.152. The molecule has 0 spiro atoms. The van der Waals surface area contributed by atoms with E-state index in [4.69, 9.17) is 4.74 Å². The van der Waals surface area contributed by atoms with E-state index in [-0.39, 0.29) is 6.42 Å². The van der Waals surface area contributed by atoms with Crippen molar-refractivity contribution in [3.05, 3.63) is 35.6 Å². The summed E-state index contributed by atoms with van der Waals surface area (Å²) in [4.78, 5) is 25.2. The first-order valence-corrected chi connectivity index (χ1v) is 6.61. The maximum atomic E-state index is 13.4. The third-order valence-electron chi connectivity index (χ3n) is 4.33. The number of likely N-dealkylation sites (tertiary alicyclic amines) is 1. The zero-order valence-electron chi connectivity index (χ0n) is 12.2. The van der Waals surface area contributed by atoms with Gasteiger partial charge >= 0.3 is 11.9 Å².